The standard InChI is InChI=1S/C9H14N2O3S/c1-2-4-10-6-7-11(9-10)5-3-8-15(12,13)14/h2,6-7,9H,1,3-5,8H2/p+1. The van der Waals surface area contributed by atoms with Gasteiger partial charge in [-0.15, -0.1) is 0 Å². The van der Waals surface area contributed by atoms with Crippen LogP contribution in [0.4, 0.5) is 0 Å². The van der Waals surface area contributed by atoms with Crippen LogP contribution in [0.5, 0.6) is 0 Å². The average Bonchev–Trinajstić information content (AvgIpc) is 2.51. The first kappa shape index (κ1) is 11.9. The molecule has 1 N–H and O–H groups in total. The summed E-state index contributed by atoms with van der Waals surface area (Å²) in [6.45, 7) is 4.92. The van der Waals surface area contributed by atoms with Crippen molar-refractivity contribution >= 4 is 10.1 Å². The van der Waals surface area contributed by atoms with E-state index >= 15 is 0 Å². The first-order valence-corrected chi connectivity index (χ1v) is 6.23. The lowest BCUT2D eigenvalue weighted by atomic mass is 10.5. The predicted octanol–water partition coefficient (Wildman–Crippen LogP) is 0.240. The van der Waals surface area contributed by atoms with Crippen LogP contribution < -0.4 is 4.57 Å². The number of nitrogens with zero attached hydrogens (tertiary/aromatic N) is 2. The van der Waals surface area contributed by atoms with Gasteiger partial charge < -0.3 is 0 Å². The van der Waals surface area contributed by atoms with Gasteiger partial charge in [0.1, 0.15) is 18.9 Å². The first-order valence-electron chi connectivity index (χ1n) is 4.62. The molecular formula is C9H15N2O3S+. The second-order valence-electron chi connectivity index (χ2n) is 3.28. The highest BCUT2D eigenvalue weighted by atomic mass is 32.2. The van der Waals surface area contributed by atoms with E-state index in [-0.39, 0.29) is 5.75 Å². The van der Waals surface area contributed by atoms with Crippen LogP contribution in [0.1, 0.15) is 6.42 Å². The van der Waals surface area contributed by atoms with E-state index in [0.29, 0.717) is 13.0 Å². The molecule has 1 aromatic heterocycles. The van der Waals surface area contributed by atoms with E-state index in [4.69, 9.17) is 4.55 Å². The van der Waals surface area contributed by atoms with E-state index in [1.165, 1.54) is 0 Å². The van der Waals surface area contributed by atoms with Gasteiger partial charge in [-0.1, -0.05) is 12.7 Å². The Balaban J connectivity index is 2.41. The average molecular weight is 231 g/mol. The molecule has 15 heavy (non-hydrogen) atoms. The third kappa shape index (κ3) is 4.75. The van der Waals surface area contributed by atoms with Crippen molar-refractivity contribution in [3.8, 4) is 0 Å². The predicted molar refractivity (Wildman–Crippen MR) is 55.9 cm³/mol. The zero-order chi connectivity index (χ0) is 11.3. The number of rotatable bonds is 6. The molecule has 84 valence electrons. The lowest BCUT2D eigenvalue weighted by molar-refractivity contribution is -0.696. The Morgan fingerprint density at radius 3 is 2.87 bits per heavy atom. The van der Waals surface area contributed by atoms with Crippen molar-refractivity contribution in [3.05, 3.63) is 31.4 Å². The minimum absolute atomic E-state index is 0.202. The monoisotopic (exact) mass is 231 g/mol. The minimum atomic E-state index is -3.83. The van der Waals surface area contributed by atoms with Crippen molar-refractivity contribution < 1.29 is 17.5 Å². The van der Waals surface area contributed by atoms with Crippen molar-refractivity contribution in [1.82, 2.24) is 4.57 Å². The molecule has 1 rings (SSSR count). The molecule has 0 aliphatic heterocycles. The zero-order valence-corrected chi connectivity index (χ0v) is 9.23. The summed E-state index contributed by atoms with van der Waals surface area (Å²) in [7, 11) is -3.83. The fraction of sp³-hybridized carbons (Fsp3) is 0.444. The molecule has 1 heterocycles. The maximum absolute atomic E-state index is 10.5. The molecule has 0 saturated carbocycles. The molecule has 0 aliphatic rings. The normalized spacial score (nSPS) is 11.5. The summed E-state index contributed by atoms with van der Waals surface area (Å²) in [5.74, 6) is -0.202. The van der Waals surface area contributed by atoms with E-state index in [9.17, 15) is 8.42 Å². The molecule has 0 fully saturated rings. The number of hydrogen-bond donors (Lipinski definition) is 1. The van der Waals surface area contributed by atoms with E-state index < -0.39 is 10.1 Å². The van der Waals surface area contributed by atoms with Crippen molar-refractivity contribution in [1.29, 1.82) is 0 Å². The van der Waals surface area contributed by atoms with Crippen LogP contribution >= 0.6 is 0 Å². The van der Waals surface area contributed by atoms with Gasteiger partial charge in [0, 0.05) is 6.42 Å². The van der Waals surface area contributed by atoms with Crippen LogP contribution in [0.2, 0.25) is 0 Å². The van der Waals surface area contributed by atoms with Gasteiger partial charge in [-0.2, -0.15) is 8.42 Å². The molecule has 0 atom stereocenters. The Labute approximate surface area is 89.4 Å². The SMILES string of the molecule is C=CCn1cc[n+](CCCS(=O)(=O)O)c1. The van der Waals surface area contributed by atoms with E-state index in [0.717, 1.165) is 6.54 Å². The van der Waals surface area contributed by atoms with Gasteiger partial charge in [-0.25, -0.2) is 9.13 Å². The Bertz CT molecular complexity index is 422. The van der Waals surface area contributed by atoms with E-state index in [2.05, 4.69) is 6.58 Å². The molecule has 0 saturated heterocycles. The Morgan fingerprint density at radius 1 is 1.53 bits per heavy atom. The number of aryl methyl sites for hydroxylation is 1. The molecule has 0 unspecified atom stereocenters. The third-order valence-corrected chi connectivity index (χ3v) is 2.71. The largest absolute Gasteiger partial charge is 0.286 e. The van der Waals surface area contributed by atoms with Crippen molar-refractivity contribution in [2.75, 3.05) is 5.75 Å². The molecule has 0 spiro atoms. The smallest absolute Gasteiger partial charge is 0.265 e. The van der Waals surface area contributed by atoms with Gasteiger partial charge in [0.05, 0.1) is 12.3 Å². The van der Waals surface area contributed by atoms with Gasteiger partial charge >= 0.3 is 0 Å². The molecule has 0 aromatic carbocycles. The summed E-state index contributed by atoms with van der Waals surface area (Å²) < 4.78 is 33.2. The molecular weight excluding hydrogens is 216 g/mol. The van der Waals surface area contributed by atoms with Gasteiger partial charge in [-0.05, 0) is 0 Å². The summed E-state index contributed by atoms with van der Waals surface area (Å²) in [4.78, 5) is 0. The fourth-order valence-electron chi connectivity index (χ4n) is 1.26. The number of aromatic nitrogens is 2. The second-order valence-corrected chi connectivity index (χ2v) is 4.85. The summed E-state index contributed by atoms with van der Waals surface area (Å²) in [5, 5.41) is 0. The van der Waals surface area contributed by atoms with Crippen molar-refractivity contribution in [3.63, 3.8) is 0 Å². The quantitative estimate of drug-likeness (QED) is 0.433. The second kappa shape index (κ2) is 5.09. The topological polar surface area (TPSA) is 63.2 Å². The lowest BCUT2D eigenvalue weighted by Gasteiger charge is -1.95. The molecule has 0 bridgehead atoms. The molecule has 1 aromatic rings. The van der Waals surface area contributed by atoms with Crippen LogP contribution in [-0.4, -0.2) is 23.3 Å². The summed E-state index contributed by atoms with van der Waals surface area (Å²) in [5.41, 5.74) is 0. The highest BCUT2D eigenvalue weighted by Crippen LogP contribution is 1.90. The fourth-order valence-corrected chi connectivity index (χ4v) is 1.75. The van der Waals surface area contributed by atoms with Gasteiger partial charge in [0.2, 0.25) is 6.33 Å². The highest BCUT2D eigenvalue weighted by Gasteiger charge is 2.06. The van der Waals surface area contributed by atoms with Crippen LogP contribution in [-0.2, 0) is 23.2 Å². The van der Waals surface area contributed by atoms with Gasteiger partial charge in [-0.3, -0.25) is 4.55 Å². The van der Waals surface area contributed by atoms with Crippen LogP contribution in [0.15, 0.2) is 31.4 Å². The van der Waals surface area contributed by atoms with Crippen LogP contribution in [0, 0.1) is 0 Å². The molecule has 0 aliphatic carbocycles. The number of imidazole rings is 1. The van der Waals surface area contributed by atoms with E-state index in [1.54, 1.807) is 6.08 Å². The maximum Gasteiger partial charge on any atom is 0.265 e. The van der Waals surface area contributed by atoms with Crippen LogP contribution in [0.3, 0.4) is 0 Å². The van der Waals surface area contributed by atoms with Gasteiger partial charge in [0.25, 0.3) is 10.1 Å². The van der Waals surface area contributed by atoms with Crippen molar-refractivity contribution in [2.24, 2.45) is 0 Å². The van der Waals surface area contributed by atoms with Crippen LogP contribution in [0.25, 0.3) is 0 Å². The van der Waals surface area contributed by atoms with Crippen molar-refractivity contribution in [2.45, 2.75) is 19.5 Å². The van der Waals surface area contributed by atoms with Gasteiger partial charge in [0.15, 0.2) is 0 Å². The Kier molecular flexibility index (Phi) is 4.05. The number of hydrogen-bond acceptors (Lipinski definition) is 2. The minimum Gasteiger partial charge on any atom is -0.286 e. The molecule has 0 amide bonds. The third-order valence-electron chi connectivity index (χ3n) is 1.90. The first-order chi connectivity index (χ1) is 7.01. The molecule has 0 radical (unpaired) electrons. The zero-order valence-electron chi connectivity index (χ0n) is 8.41. The molecule has 6 heteroatoms. The summed E-state index contributed by atoms with van der Waals surface area (Å²) in [6.07, 6.45) is 7.79. The maximum atomic E-state index is 10.5. The highest BCUT2D eigenvalue weighted by molar-refractivity contribution is 7.85. The lowest BCUT2D eigenvalue weighted by Crippen LogP contribution is -2.32. The Hall–Kier alpha value is -1.14. The number of allylic oxidation sites excluding steroid dienone is 1. The Morgan fingerprint density at radius 2 is 2.27 bits per heavy atom. The summed E-state index contributed by atoms with van der Waals surface area (Å²) >= 11 is 0. The van der Waals surface area contributed by atoms with E-state index in [1.807, 2.05) is 27.9 Å². The summed E-state index contributed by atoms with van der Waals surface area (Å²) in [6, 6.07) is 0. The molecule has 5 nitrogen and oxygen atoms in total.